The summed E-state index contributed by atoms with van der Waals surface area (Å²) in [6, 6.07) is 7.61. The van der Waals surface area contributed by atoms with Crippen LogP contribution < -0.4 is 4.18 Å². The molecule has 0 aliphatic heterocycles. The first-order valence-electron chi connectivity index (χ1n) is 12.2. The molecule has 0 aliphatic rings. The van der Waals surface area contributed by atoms with Gasteiger partial charge in [-0.3, -0.25) is 4.98 Å². The van der Waals surface area contributed by atoms with Crippen LogP contribution in [0.15, 0.2) is 41.6 Å². The van der Waals surface area contributed by atoms with Gasteiger partial charge in [0.25, 0.3) is 5.88 Å². The first-order chi connectivity index (χ1) is 16.9. The van der Waals surface area contributed by atoms with Gasteiger partial charge in [0.05, 0.1) is 5.52 Å². The number of thiophene rings is 1. The molecule has 0 aliphatic carbocycles. The summed E-state index contributed by atoms with van der Waals surface area (Å²) in [6.45, 7) is 16.3. The summed E-state index contributed by atoms with van der Waals surface area (Å²) in [7, 11) is -4.20. The molecule has 0 N–H and O–H groups in total. The Morgan fingerprint density at radius 3 is 1.97 bits per heavy atom. The van der Waals surface area contributed by atoms with Gasteiger partial charge in [-0.2, -0.15) is 13.4 Å². The molecule has 0 saturated carbocycles. The van der Waals surface area contributed by atoms with Crippen molar-refractivity contribution in [2.75, 3.05) is 0 Å². The van der Waals surface area contributed by atoms with Gasteiger partial charge in [0.15, 0.2) is 5.82 Å². The van der Waals surface area contributed by atoms with Gasteiger partial charge in [-0.1, -0.05) is 53.7 Å². The Bertz CT molecular complexity index is 1490. The molecule has 4 rings (SSSR count). The summed E-state index contributed by atoms with van der Waals surface area (Å²) >= 11 is 1.45. The number of aryl methyl sites for hydroxylation is 2. The summed E-state index contributed by atoms with van der Waals surface area (Å²) in [5, 5.41) is 0. The van der Waals surface area contributed by atoms with Crippen molar-refractivity contribution in [2.24, 2.45) is 0 Å². The third-order valence-electron chi connectivity index (χ3n) is 6.43. The largest absolute Gasteiger partial charge is 0.356 e. The van der Waals surface area contributed by atoms with Crippen LogP contribution in [0.2, 0.25) is 0 Å². The van der Waals surface area contributed by atoms with Crippen molar-refractivity contribution in [1.82, 2.24) is 15.0 Å². The van der Waals surface area contributed by atoms with Crippen LogP contribution in [0.1, 0.15) is 86.4 Å². The van der Waals surface area contributed by atoms with Gasteiger partial charge in [0.1, 0.15) is 9.60 Å². The average Bonchev–Trinajstić information content (AvgIpc) is 3.12. The molecule has 6 nitrogen and oxygen atoms in total. The zero-order chi connectivity index (χ0) is 26.4. The Balaban J connectivity index is 1.95. The van der Waals surface area contributed by atoms with Crippen LogP contribution in [0.25, 0.3) is 21.6 Å². The Labute approximate surface area is 217 Å². The summed E-state index contributed by atoms with van der Waals surface area (Å²) in [4.78, 5) is 14.7. The van der Waals surface area contributed by atoms with Crippen LogP contribution in [0.4, 0.5) is 0 Å². The highest BCUT2D eigenvalue weighted by Crippen LogP contribution is 2.40. The van der Waals surface area contributed by atoms with Gasteiger partial charge < -0.3 is 4.18 Å². The number of nitrogens with zero attached hydrogens (tertiary/aromatic N) is 3. The third kappa shape index (κ3) is 4.89. The Hall–Kier alpha value is -2.84. The van der Waals surface area contributed by atoms with E-state index in [9.17, 15) is 8.42 Å². The number of rotatable bonds is 7. The molecule has 0 unspecified atom stereocenters. The van der Waals surface area contributed by atoms with Crippen LogP contribution in [0.5, 0.6) is 5.88 Å². The van der Waals surface area contributed by atoms with E-state index in [0.29, 0.717) is 16.0 Å². The first kappa shape index (κ1) is 26.2. The van der Waals surface area contributed by atoms with Gasteiger partial charge in [0.2, 0.25) is 0 Å². The van der Waals surface area contributed by atoms with Crippen LogP contribution in [0.3, 0.4) is 0 Å². The Morgan fingerprint density at radius 1 is 0.861 bits per heavy atom. The van der Waals surface area contributed by atoms with Crippen molar-refractivity contribution in [1.29, 1.82) is 0 Å². The summed E-state index contributed by atoms with van der Waals surface area (Å²) < 4.78 is 34.6. The lowest BCUT2D eigenvalue weighted by Crippen LogP contribution is -2.18. The van der Waals surface area contributed by atoms with Crippen LogP contribution in [0, 0.1) is 13.8 Å². The second-order valence-corrected chi connectivity index (χ2v) is 12.8. The maximum atomic E-state index is 14.0. The molecule has 0 atom stereocenters. The lowest BCUT2D eigenvalue weighted by molar-refractivity contribution is 0.476. The highest BCUT2D eigenvalue weighted by atomic mass is 32.2. The molecule has 4 aromatic rings. The fourth-order valence-electron chi connectivity index (χ4n) is 4.18. The summed E-state index contributed by atoms with van der Waals surface area (Å²) in [5.74, 6) is 0.737. The fraction of sp³-hybridized carbons (Fsp3) is 0.393. The molecule has 0 radical (unpaired) electrons. The SMILES string of the molecule is Cc1sc2c(OS(=O)(=O)c3c(C(C)C)cc(C(C)C)cc3C(C)C)nc(-c3ccncc3)nc2c1C. The second kappa shape index (κ2) is 9.90. The number of hydrogen-bond acceptors (Lipinski definition) is 7. The number of fused-ring (bicyclic) bond motifs is 1. The molecule has 0 amide bonds. The van der Waals surface area contributed by atoms with Crippen molar-refractivity contribution >= 4 is 31.7 Å². The minimum absolute atomic E-state index is 0.00130. The number of hydrogen-bond donors (Lipinski definition) is 0. The quantitative estimate of drug-likeness (QED) is 0.233. The normalized spacial score (nSPS) is 12.3. The Kier molecular flexibility index (Phi) is 7.21. The zero-order valence-electron chi connectivity index (χ0n) is 22.1. The van der Waals surface area contributed by atoms with Gasteiger partial charge >= 0.3 is 10.1 Å². The summed E-state index contributed by atoms with van der Waals surface area (Å²) in [5.41, 5.74) is 5.08. The maximum Gasteiger partial charge on any atom is 0.341 e. The number of benzene rings is 1. The van der Waals surface area contributed by atoms with Gasteiger partial charge in [-0.15, -0.1) is 11.3 Å². The molecule has 1 aromatic carbocycles. The van der Waals surface area contributed by atoms with Crippen molar-refractivity contribution < 1.29 is 12.6 Å². The van der Waals surface area contributed by atoms with E-state index in [4.69, 9.17) is 9.17 Å². The number of aromatic nitrogens is 3. The molecule has 0 spiro atoms. The van der Waals surface area contributed by atoms with Crippen LogP contribution in [-0.4, -0.2) is 23.4 Å². The van der Waals surface area contributed by atoms with E-state index in [-0.39, 0.29) is 28.5 Å². The molecule has 0 bridgehead atoms. The van der Waals surface area contributed by atoms with E-state index in [0.717, 1.165) is 32.7 Å². The molecule has 36 heavy (non-hydrogen) atoms. The predicted molar refractivity (Wildman–Crippen MR) is 147 cm³/mol. The molecular weight excluding hydrogens is 490 g/mol. The Morgan fingerprint density at radius 2 is 1.44 bits per heavy atom. The van der Waals surface area contributed by atoms with Crippen molar-refractivity contribution in [3.05, 3.63) is 63.8 Å². The lowest BCUT2D eigenvalue weighted by Gasteiger charge is -2.22. The molecule has 8 heteroatoms. The smallest absolute Gasteiger partial charge is 0.341 e. The zero-order valence-corrected chi connectivity index (χ0v) is 23.7. The highest BCUT2D eigenvalue weighted by molar-refractivity contribution is 7.87. The average molecular weight is 524 g/mol. The van der Waals surface area contributed by atoms with Crippen LogP contribution >= 0.6 is 11.3 Å². The van der Waals surface area contributed by atoms with E-state index in [1.54, 1.807) is 24.5 Å². The molecule has 3 aromatic heterocycles. The highest BCUT2D eigenvalue weighted by Gasteiger charge is 2.30. The topological polar surface area (TPSA) is 82.0 Å². The van der Waals surface area contributed by atoms with E-state index < -0.39 is 10.1 Å². The van der Waals surface area contributed by atoms with Crippen molar-refractivity contribution in [2.45, 2.75) is 78.0 Å². The standard InChI is InChI=1S/C28H33N3O3S2/c1-15(2)21-13-22(16(3)4)26(23(14-21)17(5)6)36(32,33)34-28-25-24(18(7)19(8)35-25)30-27(31-28)20-9-11-29-12-10-20/h9-17H,1-8H3. The van der Waals surface area contributed by atoms with Crippen molar-refractivity contribution in [3.63, 3.8) is 0 Å². The molecule has 190 valence electrons. The van der Waals surface area contributed by atoms with E-state index in [2.05, 4.69) is 23.8 Å². The van der Waals surface area contributed by atoms with Gasteiger partial charge in [-0.25, -0.2) is 4.98 Å². The fourth-order valence-corrected chi connectivity index (χ4v) is 6.84. The van der Waals surface area contributed by atoms with Crippen LogP contribution in [-0.2, 0) is 10.1 Å². The lowest BCUT2D eigenvalue weighted by atomic mass is 9.89. The molecule has 0 saturated heterocycles. The van der Waals surface area contributed by atoms with Gasteiger partial charge in [-0.05, 0) is 66.0 Å². The minimum Gasteiger partial charge on any atom is -0.356 e. The van der Waals surface area contributed by atoms with E-state index >= 15 is 0 Å². The maximum absolute atomic E-state index is 14.0. The first-order valence-corrected chi connectivity index (χ1v) is 14.4. The second-order valence-electron chi connectivity index (χ2n) is 10.1. The van der Waals surface area contributed by atoms with E-state index in [1.165, 1.54) is 11.3 Å². The predicted octanol–water partition coefficient (Wildman–Crippen LogP) is 7.51. The summed E-state index contributed by atoms with van der Waals surface area (Å²) in [6.07, 6.45) is 3.32. The van der Waals surface area contributed by atoms with E-state index in [1.807, 2.05) is 53.7 Å². The monoisotopic (exact) mass is 523 g/mol. The van der Waals surface area contributed by atoms with Crippen molar-refractivity contribution in [3.8, 4) is 17.3 Å². The molecular formula is C28H33N3O3S2. The van der Waals surface area contributed by atoms with Gasteiger partial charge in [0, 0.05) is 22.8 Å². The third-order valence-corrected chi connectivity index (χ3v) is 8.96. The number of pyridine rings is 1. The minimum atomic E-state index is -4.20. The molecule has 3 heterocycles. The molecule has 0 fully saturated rings.